The molecular weight excluding hydrogens is 250 g/mol. The predicted octanol–water partition coefficient (Wildman–Crippen LogP) is 0.718. The minimum atomic E-state index is -1.24. The van der Waals surface area contributed by atoms with Crippen LogP contribution in [0.2, 0.25) is 0 Å². The summed E-state index contributed by atoms with van der Waals surface area (Å²) in [6.45, 7) is 2.97. The van der Waals surface area contributed by atoms with Crippen molar-refractivity contribution in [2.75, 3.05) is 5.43 Å². The Morgan fingerprint density at radius 2 is 1.89 bits per heavy atom. The van der Waals surface area contributed by atoms with Crippen molar-refractivity contribution < 1.29 is 19.1 Å². The molecule has 2 N–H and O–H groups in total. The first-order valence-corrected chi connectivity index (χ1v) is 5.57. The van der Waals surface area contributed by atoms with Gasteiger partial charge in [-0.1, -0.05) is 6.07 Å². The maximum Gasteiger partial charge on any atom is 0.350 e. The number of carbonyl (C=O) groups excluding carboxylic acids is 2. The maximum atomic E-state index is 11.6. The standard InChI is InChI=1S/C12H13N3O4/c1-12(2)18-10(16)8(11(17)19-12)7-14-15-9-5-3-4-6-13-9/h3-7,14H,1-2H3,(H,13,15). The Hall–Kier alpha value is -2.57. The van der Waals surface area contributed by atoms with Crippen molar-refractivity contribution in [3.05, 3.63) is 36.2 Å². The van der Waals surface area contributed by atoms with Crippen molar-refractivity contribution in [1.29, 1.82) is 0 Å². The van der Waals surface area contributed by atoms with Crippen LogP contribution in [0, 0.1) is 0 Å². The van der Waals surface area contributed by atoms with Gasteiger partial charge in [-0.3, -0.25) is 5.43 Å². The zero-order valence-corrected chi connectivity index (χ0v) is 10.5. The van der Waals surface area contributed by atoms with E-state index in [9.17, 15) is 9.59 Å². The van der Waals surface area contributed by atoms with Gasteiger partial charge in [-0.2, -0.15) is 0 Å². The number of carbonyl (C=O) groups is 2. The molecule has 1 saturated heterocycles. The molecule has 0 saturated carbocycles. The number of cyclic esters (lactones) is 2. The van der Waals surface area contributed by atoms with Gasteiger partial charge in [0.25, 0.3) is 5.79 Å². The van der Waals surface area contributed by atoms with E-state index in [0.29, 0.717) is 5.82 Å². The van der Waals surface area contributed by atoms with Crippen molar-refractivity contribution in [1.82, 2.24) is 10.4 Å². The molecular formula is C12H13N3O4. The van der Waals surface area contributed by atoms with E-state index < -0.39 is 17.7 Å². The lowest BCUT2D eigenvalue weighted by Crippen LogP contribution is -2.42. The van der Waals surface area contributed by atoms with Crippen molar-refractivity contribution in [2.45, 2.75) is 19.6 Å². The van der Waals surface area contributed by atoms with Crippen molar-refractivity contribution in [2.24, 2.45) is 0 Å². The number of pyridine rings is 1. The van der Waals surface area contributed by atoms with Crippen LogP contribution in [0.4, 0.5) is 5.82 Å². The van der Waals surface area contributed by atoms with E-state index in [1.807, 2.05) is 0 Å². The summed E-state index contributed by atoms with van der Waals surface area (Å²) in [6.07, 6.45) is 2.78. The third kappa shape index (κ3) is 3.21. The first kappa shape index (κ1) is 12.9. The average Bonchev–Trinajstić information content (AvgIpc) is 2.32. The van der Waals surface area contributed by atoms with Gasteiger partial charge in [0.2, 0.25) is 0 Å². The highest BCUT2D eigenvalue weighted by Crippen LogP contribution is 2.21. The Bertz CT molecular complexity index is 503. The molecule has 1 aromatic heterocycles. The van der Waals surface area contributed by atoms with Crippen molar-refractivity contribution in [3.63, 3.8) is 0 Å². The number of hydrogen-bond donors (Lipinski definition) is 2. The number of hydrogen-bond acceptors (Lipinski definition) is 7. The molecule has 1 fully saturated rings. The van der Waals surface area contributed by atoms with Gasteiger partial charge in [0.15, 0.2) is 5.57 Å². The highest BCUT2D eigenvalue weighted by atomic mass is 16.7. The lowest BCUT2D eigenvalue weighted by atomic mass is 10.2. The topological polar surface area (TPSA) is 89.5 Å². The number of ether oxygens (including phenoxy) is 2. The Morgan fingerprint density at radius 1 is 1.21 bits per heavy atom. The second-order valence-electron chi connectivity index (χ2n) is 4.22. The fourth-order valence-corrected chi connectivity index (χ4v) is 1.40. The van der Waals surface area contributed by atoms with Crippen LogP contribution < -0.4 is 10.9 Å². The molecule has 0 spiro atoms. The van der Waals surface area contributed by atoms with E-state index in [1.165, 1.54) is 20.0 Å². The third-order valence-corrected chi connectivity index (χ3v) is 2.20. The lowest BCUT2D eigenvalue weighted by molar-refractivity contribution is -0.222. The molecule has 0 bridgehead atoms. The van der Waals surface area contributed by atoms with Crippen LogP contribution in [0.3, 0.4) is 0 Å². The minimum Gasteiger partial charge on any atom is -0.419 e. The van der Waals surface area contributed by atoms with Crippen molar-refractivity contribution in [3.8, 4) is 0 Å². The number of rotatable bonds is 3. The Morgan fingerprint density at radius 3 is 2.47 bits per heavy atom. The predicted molar refractivity (Wildman–Crippen MR) is 65.3 cm³/mol. The summed E-state index contributed by atoms with van der Waals surface area (Å²) in [5.41, 5.74) is 5.06. The second kappa shape index (κ2) is 4.97. The Kier molecular flexibility index (Phi) is 3.37. The van der Waals surface area contributed by atoms with Gasteiger partial charge >= 0.3 is 11.9 Å². The lowest BCUT2D eigenvalue weighted by Gasteiger charge is -2.29. The number of aromatic nitrogens is 1. The van der Waals surface area contributed by atoms with Crippen LogP contribution in [0.25, 0.3) is 0 Å². The van der Waals surface area contributed by atoms with E-state index in [1.54, 1.807) is 24.4 Å². The molecule has 0 aliphatic carbocycles. The van der Waals surface area contributed by atoms with Gasteiger partial charge in [-0.15, -0.1) is 0 Å². The summed E-state index contributed by atoms with van der Waals surface area (Å²) in [5, 5.41) is 0. The van der Waals surface area contributed by atoms with E-state index in [2.05, 4.69) is 15.8 Å². The molecule has 19 heavy (non-hydrogen) atoms. The zero-order valence-electron chi connectivity index (χ0n) is 10.5. The molecule has 1 aliphatic heterocycles. The van der Waals surface area contributed by atoms with Gasteiger partial charge < -0.3 is 14.9 Å². The molecule has 1 aromatic rings. The van der Waals surface area contributed by atoms with Gasteiger partial charge in [0.05, 0.1) is 0 Å². The molecule has 0 atom stereocenters. The fourth-order valence-electron chi connectivity index (χ4n) is 1.40. The number of esters is 2. The van der Waals surface area contributed by atoms with E-state index in [-0.39, 0.29) is 5.57 Å². The molecule has 2 rings (SSSR count). The van der Waals surface area contributed by atoms with Crippen LogP contribution >= 0.6 is 0 Å². The van der Waals surface area contributed by atoms with Crippen LogP contribution in [-0.4, -0.2) is 22.7 Å². The summed E-state index contributed by atoms with van der Waals surface area (Å²) >= 11 is 0. The third-order valence-electron chi connectivity index (χ3n) is 2.20. The normalized spacial score (nSPS) is 17.3. The SMILES string of the molecule is CC1(C)OC(=O)C(=CNNc2ccccn2)C(=O)O1. The van der Waals surface area contributed by atoms with Gasteiger partial charge in [-0.05, 0) is 12.1 Å². The van der Waals surface area contributed by atoms with Gasteiger partial charge in [0.1, 0.15) is 5.82 Å². The molecule has 0 amide bonds. The van der Waals surface area contributed by atoms with E-state index in [0.717, 1.165) is 0 Å². The Balaban J connectivity index is 2.00. The fraction of sp³-hybridized carbons (Fsp3) is 0.250. The van der Waals surface area contributed by atoms with E-state index in [4.69, 9.17) is 9.47 Å². The number of hydrazine groups is 1. The maximum absolute atomic E-state index is 11.6. The van der Waals surface area contributed by atoms with Crippen LogP contribution in [0.15, 0.2) is 36.2 Å². The van der Waals surface area contributed by atoms with Gasteiger partial charge in [-0.25, -0.2) is 14.6 Å². The van der Waals surface area contributed by atoms with Crippen molar-refractivity contribution >= 4 is 17.8 Å². The van der Waals surface area contributed by atoms with Gasteiger partial charge in [0, 0.05) is 26.2 Å². The largest absolute Gasteiger partial charge is 0.419 e. The molecule has 0 radical (unpaired) electrons. The summed E-state index contributed by atoms with van der Waals surface area (Å²) in [7, 11) is 0. The highest BCUT2D eigenvalue weighted by Gasteiger charge is 2.38. The first-order chi connectivity index (χ1) is 8.98. The first-order valence-electron chi connectivity index (χ1n) is 5.57. The molecule has 0 unspecified atom stereocenters. The summed E-state index contributed by atoms with van der Waals surface area (Å²) in [4.78, 5) is 27.2. The van der Waals surface area contributed by atoms with Crippen LogP contribution in [-0.2, 0) is 19.1 Å². The highest BCUT2D eigenvalue weighted by molar-refractivity contribution is 6.15. The quantitative estimate of drug-likeness (QED) is 0.359. The van der Waals surface area contributed by atoms with Crippen LogP contribution in [0.1, 0.15) is 13.8 Å². The molecule has 0 aromatic carbocycles. The summed E-state index contributed by atoms with van der Waals surface area (Å²) < 4.78 is 9.85. The smallest absolute Gasteiger partial charge is 0.350 e. The summed E-state index contributed by atoms with van der Waals surface area (Å²) in [6, 6.07) is 5.27. The second-order valence-corrected chi connectivity index (χ2v) is 4.22. The summed E-state index contributed by atoms with van der Waals surface area (Å²) in [5.74, 6) is -2.18. The molecule has 1 aliphatic rings. The average molecular weight is 263 g/mol. The van der Waals surface area contributed by atoms with Crippen LogP contribution in [0.5, 0.6) is 0 Å². The molecule has 2 heterocycles. The molecule has 100 valence electrons. The number of nitrogens with zero attached hydrogens (tertiary/aromatic N) is 1. The molecule has 7 heteroatoms. The monoisotopic (exact) mass is 263 g/mol. The number of nitrogens with one attached hydrogen (secondary N) is 2. The zero-order chi connectivity index (χ0) is 13.9. The van der Waals surface area contributed by atoms with E-state index >= 15 is 0 Å². The molecule has 7 nitrogen and oxygen atoms in total. The Labute approximate surface area is 109 Å². The minimum absolute atomic E-state index is 0.220. The number of anilines is 1.